The first kappa shape index (κ1) is 20.8. The number of rotatable bonds is 17. The molecule has 0 amide bonds. The number of hydrogen-bond acceptors (Lipinski definition) is 3. The average Bonchev–Trinajstić information content (AvgIpc) is 3.34. The predicted octanol–water partition coefficient (Wildman–Crippen LogP) is 6.44. The lowest BCUT2D eigenvalue weighted by molar-refractivity contribution is -0.137. The summed E-state index contributed by atoms with van der Waals surface area (Å²) in [5.74, 6) is 2.25. The summed E-state index contributed by atoms with van der Waals surface area (Å²) in [5, 5.41) is 0. The molecule has 0 aromatic heterocycles. The van der Waals surface area contributed by atoms with Gasteiger partial charge in [0.15, 0.2) is 0 Å². The first-order valence-corrected chi connectivity index (χ1v) is 9.97. The van der Waals surface area contributed by atoms with Gasteiger partial charge in [0.05, 0.1) is 6.61 Å². The van der Waals surface area contributed by atoms with Crippen LogP contribution < -0.4 is 0 Å². The SMILES string of the molecule is C=CC(=O)OCCCCCCCCC1=C(CCCCCCCC)O1. The molecule has 3 heteroatoms. The average molecular weight is 337 g/mol. The van der Waals surface area contributed by atoms with Gasteiger partial charge in [-0.05, 0) is 19.3 Å². The lowest BCUT2D eigenvalue weighted by Crippen LogP contribution is -2.01. The van der Waals surface area contributed by atoms with Crippen LogP contribution in [0.2, 0.25) is 0 Å². The molecule has 0 radical (unpaired) electrons. The lowest BCUT2D eigenvalue weighted by Gasteiger charge is -2.02. The van der Waals surface area contributed by atoms with E-state index >= 15 is 0 Å². The first-order valence-electron chi connectivity index (χ1n) is 9.97. The Kier molecular flexibility index (Phi) is 12.2. The molecule has 0 aromatic rings. The predicted molar refractivity (Wildman–Crippen MR) is 99.6 cm³/mol. The highest BCUT2D eigenvalue weighted by molar-refractivity contribution is 5.81. The minimum absolute atomic E-state index is 0.315. The highest BCUT2D eigenvalue weighted by atomic mass is 16.6. The van der Waals surface area contributed by atoms with Crippen molar-refractivity contribution in [3.05, 3.63) is 24.2 Å². The van der Waals surface area contributed by atoms with Crippen molar-refractivity contribution in [3.8, 4) is 0 Å². The topological polar surface area (TPSA) is 38.8 Å². The molecular formula is C21H36O3. The molecule has 0 saturated heterocycles. The Morgan fingerprint density at radius 2 is 1.38 bits per heavy atom. The van der Waals surface area contributed by atoms with E-state index in [-0.39, 0.29) is 5.97 Å². The quantitative estimate of drug-likeness (QED) is 0.174. The highest BCUT2D eigenvalue weighted by Crippen LogP contribution is 2.35. The van der Waals surface area contributed by atoms with Crippen molar-refractivity contribution in [2.24, 2.45) is 0 Å². The number of ether oxygens (including phenoxy) is 2. The molecule has 0 spiro atoms. The van der Waals surface area contributed by atoms with Gasteiger partial charge in [0.2, 0.25) is 0 Å². The second-order valence-corrected chi connectivity index (χ2v) is 6.71. The normalized spacial score (nSPS) is 12.9. The van der Waals surface area contributed by atoms with Crippen molar-refractivity contribution < 1.29 is 14.3 Å². The van der Waals surface area contributed by atoms with Crippen LogP contribution in [0.1, 0.15) is 96.8 Å². The molecule has 0 saturated carbocycles. The van der Waals surface area contributed by atoms with Crippen LogP contribution in [-0.2, 0) is 14.3 Å². The summed E-state index contributed by atoms with van der Waals surface area (Å²) in [6.07, 6.45) is 18.7. The van der Waals surface area contributed by atoms with E-state index in [0.717, 1.165) is 25.7 Å². The Bertz CT molecular complexity index is 385. The van der Waals surface area contributed by atoms with Gasteiger partial charge in [0, 0.05) is 18.9 Å². The van der Waals surface area contributed by atoms with Crippen molar-refractivity contribution >= 4 is 5.97 Å². The van der Waals surface area contributed by atoms with Crippen LogP contribution in [-0.4, -0.2) is 12.6 Å². The summed E-state index contributed by atoms with van der Waals surface area (Å²) < 4.78 is 10.6. The summed E-state index contributed by atoms with van der Waals surface area (Å²) in [6.45, 7) is 6.16. The molecule has 1 aliphatic heterocycles. The summed E-state index contributed by atoms with van der Waals surface area (Å²) >= 11 is 0. The minimum atomic E-state index is -0.315. The Labute approximate surface area is 148 Å². The van der Waals surface area contributed by atoms with E-state index < -0.39 is 0 Å². The fourth-order valence-corrected chi connectivity index (χ4v) is 2.90. The van der Waals surface area contributed by atoms with E-state index in [4.69, 9.17) is 9.47 Å². The van der Waals surface area contributed by atoms with Crippen molar-refractivity contribution in [2.45, 2.75) is 96.8 Å². The van der Waals surface area contributed by atoms with Crippen LogP contribution in [0, 0.1) is 0 Å². The smallest absolute Gasteiger partial charge is 0.330 e. The Hall–Kier alpha value is -1.25. The zero-order valence-electron chi connectivity index (χ0n) is 15.6. The van der Waals surface area contributed by atoms with Gasteiger partial charge < -0.3 is 9.47 Å². The monoisotopic (exact) mass is 336 g/mol. The number of esters is 1. The Morgan fingerprint density at radius 1 is 0.875 bits per heavy atom. The number of hydrogen-bond donors (Lipinski definition) is 0. The maximum absolute atomic E-state index is 10.9. The van der Waals surface area contributed by atoms with Gasteiger partial charge in [-0.25, -0.2) is 4.79 Å². The molecule has 0 fully saturated rings. The summed E-state index contributed by atoms with van der Waals surface area (Å²) in [6, 6.07) is 0. The van der Waals surface area contributed by atoms with E-state index in [1.165, 1.54) is 81.8 Å². The Morgan fingerprint density at radius 3 is 1.92 bits per heavy atom. The standard InChI is InChI=1S/C21H36O3/c1-3-5-6-7-10-13-16-19-20(24-19)17-14-11-8-9-12-15-18-23-21(22)4-2/h4H,2-3,5-18H2,1H3. The molecule has 0 N–H and O–H groups in total. The van der Waals surface area contributed by atoms with Crippen molar-refractivity contribution in [1.29, 1.82) is 0 Å². The van der Waals surface area contributed by atoms with Crippen LogP contribution in [0.3, 0.4) is 0 Å². The molecule has 0 aliphatic carbocycles. The molecule has 0 atom stereocenters. The third-order valence-electron chi connectivity index (χ3n) is 4.48. The fourth-order valence-electron chi connectivity index (χ4n) is 2.90. The molecule has 0 unspecified atom stereocenters. The Balaban J connectivity index is 1.81. The number of carbonyl (C=O) groups is 1. The third-order valence-corrected chi connectivity index (χ3v) is 4.48. The minimum Gasteiger partial charge on any atom is -0.463 e. The summed E-state index contributed by atoms with van der Waals surface area (Å²) in [4.78, 5) is 10.9. The molecule has 1 rings (SSSR count). The number of unbranched alkanes of at least 4 members (excludes halogenated alkanes) is 10. The van der Waals surface area contributed by atoms with Gasteiger partial charge in [-0.1, -0.05) is 71.3 Å². The molecule has 24 heavy (non-hydrogen) atoms. The van der Waals surface area contributed by atoms with Crippen LogP contribution in [0.4, 0.5) is 0 Å². The number of carbonyl (C=O) groups excluding carboxylic acids is 1. The van der Waals surface area contributed by atoms with E-state index in [1.807, 2.05) is 0 Å². The van der Waals surface area contributed by atoms with E-state index in [9.17, 15) is 4.79 Å². The largest absolute Gasteiger partial charge is 0.463 e. The highest BCUT2D eigenvalue weighted by Gasteiger charge is 2.22. The molecule has 0 bridgehead atoms. The van der Waals surface area contributed by atoms with Crippen molar-refractivity contribution in [1.82, 2.24) is 0 Å². The zero-order chi connectivity index (χ0) is 17.5. The molecule has 1 aliphatic rings. The molecule has 0 aromatic carbocycles. The maximum Gasteiger partial charge on any atom is 0.330 e. The van der Waals surface area contributed by atoms with E-state index in [0.29, 0.717) is 6.61 Å². The number of allylic oxidation sites excluding steroid dienone is 2. The van der Waals surface area contributed by atoms with E-state index in [1.54, 1.807) is 0 Å². The van der Waals surface area contributed by atoms with Gasteiger partial charge >= 0.3 is 5.97 Å². The van der Waals surface area contributed by atoms with Gasteiger partial charge in [0.25, 0.3) is 0 Å². The van der Waals surface area contributed by atoms with Gasteiger partial charge in [0.1, 0.15) is 11.5 Å². The van der Waals surface area contributed by atoms with Gasteiger partial charge in [-0.3, -0.25) is 0 Å². The fraction of sp³-hybridized carbons (Fsp3) is 0.762. The molecule has 138 valence electrons. The van der Waals surface area contributed by atoms with Crippen LogP contribution in [0.25, 0.3) is 0 Å². The van der Waals surface area contributed by atoms with Crippen molar-refractivity contribution in [2.75, 3.05) is 6.61 Å². The second-order valence-electron chi connectivity index (χ2n) is 6.71. The second kappa shape index (κ2) is 14.1. The maximum atomic E-state index is 10.9. The summed E-state index contributed by atoms with van der Waals surface area (Å²) in [7, 11) is 0. The molecule has 3 nitrogen and oxygen atoms in total. The molecular weight excluding hydrogens is 300 g/mol. The van der Waals surface area contributed by atoms with Gasteiger partial charge in [-0.15, -0.1) is 0 Å². The van der Waals surface area contributed by atoms with Crippen molar-refractivity contribution in [3.63, 3.8) is 0 Å². The molecule has 1 heterocycles. The zero-order valence-corrected chi connectivity index (χ0v) is 15.6. The summed E-state index contributed by atoms with van der Waals surface area (Å²) in [5.41, 5.74) is 0. The first-order chi connectivity index (χ1) is 11.8. The van der Waals surface area contributed by atoms with Crippen LogP contribution in [0.15, 0.2) is 24.2 Å². The van der Waals surface area contributed by atoms with E-state index in [2.05, 4.69) is 13.5 Å². The van der Waals surface area contributed by atoms with Crippen LogP contribution >= 0.6 is 0 Å². The van der Waals surface area contributed by atoms with Crippen LogP contribution in [0.5, 0.6) is 0 Å². The van der Waals surface area contributed by atoms with Gasteiger partial charge in [-0.2, -0.15) is 0 Å². The third kappa shape index (κ3) is 11.3. The lowest BCUT2D eigenvalue weighted by atomic mass is 10.1.